The van der Waals surface area contributed by atoms with Gasteiger partial charge in [-0.2, -0.15) is 0 Å². The van der Waals surface area contributed by atoms with Gasteiger partial charge in [0.1, 0.15) is 5.84 Å². The Morgan fingerprint density at radius 2 is 1.76 bits per heavy atom. The number of nitrogens with two attached hydrogens (primary N) is 1. The van der Waals surface area contributed by atoms with E-state index in [4.69, 9.17) is 15.9 Å². The van der Waals surface area contributed by atoms with E-state index in [0.29, 0.717) is 31.2 Å². The number of carbonyl (C=O) groups excluding carboxylic acids is 1. The second-order valence-electron chi connectivity index (χ2n) is 9.83. The highest BCUT2D eigenvalue weighted by Crippen LogP contribution is 2.26. The second kappa shape index (κ2) is 14.3. The predicted molar refractivity (Wildman–Crippen MR) is 155 cm³/mol. The van der Waals surface area contributed by atoms with Crippen molar-refractivity contribution in [3.63, 3.8) is 0 Å². The van der Waals surface area contributed by atoms with Crippen LogP contribution >= 0.6 is 0 Å². The number of hydrogen-bond acceptors (Lipinski definition) is 5. The van der Waals surface area contributed by atoms with Crippen molar-refractivity contribution in [1.29, 1.82) is 5.41 Å². The van der Waals surface area contributed by atoms with E-state index in [2.05, 4.69) is 34.9 Å². The molecule has 3 aromatic rings. The molecular formula is C31H39N5O2. The number of unbranched alkanes of at least 4 members (excludes halogenated alkanes) is 1. The number of ether oxygens (including phenoxy) is 1. The van der Waals surface area contributed by atoms with Gasteiger partial charge < -0.3 is 26.0 Å². The van der Waals surface area contributed by atoms with Crippen molar-refractivity contribution in [3.8, 4) is 0 Å². The van der Waals surface area contributed by atoms with Gasteiger partial charge in [0, 0.05) is 30.1 Å². The molecule has 4 rings (SSSR count). The largest absolute Gasteiger partial charge is 0.384 e. The number of nitrogens with one attached hydrogen (secondary N) is 3. The predicted octanol–water partition coefficient (Wildman–Crippen LogP) is 4.88. The minimum Gasteiger partial charge on any atom is -0.384 e. The van der Waals surface area contributed by atoms with E-state index in [-0.39, 0.29) is 18.3 Å². The molecule has 0 radical (unpaired) electrons. The first-order valence-corrected chi connectivity index (χ1v) is 13.5. The summed E-state index contributed by atoms with van der Waals surface area (Å²) in [6.07, 6.45) is 4.06. The highest BCUT2D eigenvalue weighted by Gasteiger charge is 2.16. The summed E-state index contributed by atoms with van der Waals surface area (Å²) in [7, 11) is 0. The van der Waals surface area contributed by atoms with Crippen molar-refractivity contribution in [2.45, 2.75) is 38.2 Å². The van der Waals surface area contributed by atoms with Gasteiger partial charge in [-0.05, 0) is 80.1 Å². The van der Waals surface area contributed by atoms with Crippen LogP contribution in [0, 0.1) is 5.41 Å². The van der Waals surface area contributed by atoms with Crippen LogP contribution in [0.5, 0.6) is 0 Å². The van der Waals surface area contributed by atoms with Crippen LogP contribution in [0.25, 0.3) is 0 Å². The molecule has 0 atom stereocenters. The number of amides is 1. The highest BCUT2D eigenvalue weighted by atomic mass is 16.5. The number of nitrogens with zero attached hydrogens (tertiary/aromatic N) is 1. The third-order valence-electron chi connectivity index (χ3n) is 6.94. The van der Waals surface area contributed by atoms with E-state index in [0.717, 1.165) is 55.7 Å². The Hall–Kier alpha value is -3.68. The summed E-state index contributed by atoms with van der Waals surface area (Å²) >= 11 is 0. The van der Waals surface area contributed by atoms with E-state index in [1.807, 2.05) is 59.5 Å². The van der Waals surface area contributed by atoms with Gasteiger partial charge in [0.15, 0.2) is 0 Å². The molecule has 200 valence electrons. The van der Waals surface area contributed by atoms with Crippen molar-refractivity contribution in [2.24, 2.45) is 5.73 Å². The van der Waals surface area contributed by atoms with Crippen molar-refractivity contribution >= 4 is 23.1 Å². The van der Waals surface area contributed by atoms with Crippen molar-refractivity contribution < 1.29 is 9.53 Å². The molecule has 7 heteroatoms. The molecule has 1 aliphatic heterocycles. The van der Waals surface area contributed by atoms with E-state index < -0.39 is 0 Å². The first kappa shape index (κ1) is 27.4. The monoisotopic (exact) mass is 513 g/mol. The molecule has 0 unspecified atom stereocenters. The zero-order valence-corrected chi connectivity index (χ0v) is 22.0. The quantitative estimate of drug-likeness (QED) is 0.148. The van der Waals surface area contributed by atoms with Crippen molar-refractivity contribution in [1.82, 2.24) is 5.32 Å². The molecule has 1 heterocycles. The summed E-state index contributed by atoms with van der Waals surface area (Å²) in [4.78, 5) is 15.1. The molecule has 1 aliphatic rings. The first-order valence-electron chi connectivity index (χ1n) is 13.5. The molecule has 0 aliphatic carbocycles. The van der Waals surface area contributed by atoms with Gasteiger partial charge in [-0.3, -0.25) is 10.2 Å². The number of anilines is 2. The fourth-order valence-electron chi connectivity index (χ4n) is 4.81. The lowest BCUT2D eigenvalue weighted by Crippen LogP contribution is -2.34. The van der Waals surface area contributed by atoms with Crippen LogP contribution in [0.3, 0.4) is 0 Å². The number of carbonyl (C=O) groups is 1. The third kappa shape index (κ3) is 8.43. The van der Waals surface area contributed by atoms with Crippen LogP contribution in [0.1, 0.15) is 48.3 Å². The Balaban J connectivity index is 1.32. The molecule has 3 aromatic carbocycles. The van der Waals surface area contributed by atoms with Gasteiger partial charge in [0.25, 0.3) is 0 Å². The highest BCUT2D eigenvalue weighted by molar-refractivity contribution is 5.97. The molecule has 1 amide bonds. The summed E-state index contributed by atoms with van der Waals surface area (Å²) in [5, 5.41) is 14.3. The zero-order valence-electron chi connectivity index (χ0n) is 22.0. The van der Waals surface area contributed by atoms with Gasteiger partial charge >= 0.3 is 0 Å². The van der Waals surface area contributed by atoms with Crippen LogP contribution in [0.2, 0.25) is 0 Å². The first-order chi connectivity index (χ1) is 18.6. The van der Waals surface area contributed by atoms with Crippen molar-refractivity contribution in [2.75, 3.05) is 43.0 Å². The minimum absolute atomic E-state index is 0.0133. The lowest BCUT2D eigenvalue weighted by atomic mass is 9.90. The molecular weight excluding hydrogens is 474 g/mol. The molecule has 0 saturated carbocycles. The maximum atomic E-state index is 13.0. The molecule has 0 aromatic heterocycles. The van der Waals surface area contributed by atoms with E-state index in [1.54, 1.807) is 0 Å². The van der Waals surface area contributed by atoms with Gasteiger partial charge in [-0.1, -0.05) is 54.6 Å². The van der Waals surface area contributed by atoms with Gasteiger partial charge in [-0.25, -0.2) is 0 Å². The summed E-state index contributed by atoms with van der Waals surface area (Å²) in [5.74, 6) is 0.522. The Morgan fingerprint density at radius 1 is 1.00 bits per heavy atom. The van der Waals surface area contributed by atoms with Crippen LogP contribution in [-0.4, -0.2) is 44.5 Å². The molecule has 0 bridgehead atoms. The Morgan fingerprint density at radius 3 is 2.50 bits per heavy atom. The number of benzene rings is 3. The lowest BCUT2D eigenvalue weighted by molar-refractivity contribution is -0.115. The maximum Gasteiger partial charge on any atom is 0.243 e. The molecule has 1 fully saturated rings. The Bertz CT molecular complexity index is 1160. The Labute approximate surface area is 225 Å². The van der Waals surface area contributed by atoms with Crippen LogP contribution in [-0.2, 0) is 16.1 Å². The number of amidine groups is 1. The SMILES string of the molecule is N=C(N)c1cccc(N(CCCCOCc2ccccc2)CC(=O)Nc2ccc(C3CCNCC3)cc2)c1. The third-order valence-corrected chi connectivity index (χ3v) is 6.94. The summed E-state index contributed by atoms with van der Waals surface area (Å²) in [6.45, 7) is 4.28. The topological polar surface area (TPSA) is 103 Å². The van der Waals surface area contributed by atoms with Crippen LogP contribution in [0.15, 0.2) is 78.9 Å². The molecule has 0 spiro atoms. The summed E-state index contributed by atoms with van der Waals surface area (Å²) in [5.41, 5.74) is 10.5. The van der Waals surface area contributed by atoms with Crippen LogP contribution < -0.4 is 21.3 Å². The van der Waals surface area contributed by atoms with E-state index in [1.165, 1.54) is 5.56 Å². The number of rotatable bonds is 13. The van der Waals surface area contributed by atoms with E-state index in [9.17, 15) is 4.79 Å². The second-order valence-corrected chi connectivity index (χ2v) is 9.83. The average Bonchev–Trinajstić information content (AvgIpc) is 2.95. The minimum atomic E-state index is -0.0758. The standard InChI is InChI=1S/C31H39N5O2/c32-31(33)27-9-6-10-29(21-27)36(19-4-5-20-38-23-24-7-2-1-3-8-24)22-30(37)35-28-13-11-25(12-14-28)26-15-17-34-18-16-26/h1-3,6-14,21,26,34H,4-5,15-20,22-23H2,(H3,32,33)(H,35,37). The van der Waals surface area contributed by atoms with Gasteiger partial charge in [0.05, 0.1) is 13.2 Å². The van der Waals surface area contributed by atoms with Crippen LogP contribution in [0.4, 0.5) is 11.4 Å². The molecule has 5 N–H and O–H groups in total. The van der Waals surface area contributed by atoms with E-state index >= 15 is 0 Å². The smallest absolute Gasteiger partial charge is 0.243 e. The fraction of sp³-hybridized carbons (Fsp3) is 0.355. The normalized spacial score (nSPS) is 13.7. The Kier molecular flexibility index (Phi) is 10.3. The lowest BCUT2D eigenvalue weighted by Gasteiger charge is -2.25. The zero-order chi connectivity index (χ0) is 26.6. The molecule has 7 nitrogen and oxygen atoms in total. The molecule has 38 heavy (non-hydrogen) atoms. The maximum absolute atomic E-state index is 13.0. The molecule has 1 saturated heterocycles. The van der Waals surface area contributed by atoms with Crippen molar-refractivity contribution in [3.05, 3.63) is 95.6 Å². The average molecular weight is 514 g/mol. The number of hydrogen-bond donors (Lipinski definition) is 4. The summed E-state index contributed by atoms with van der Waals surface area (Å²) < 4.78 is 5.83. The van der Waals surface area contributed by atoms with Gasteiger partial charge in [0.2, 0.25) is 5.91 Å². The number of nitrogen functional groups attached to an aromatic ring is 1. The fourth-order valence-corrected chi connectivity index (χ4v) is 4.81. The van der Waals surface area contributed by atoms with Gasteiger partial charge in [-0.15, -0.1) is 0 Å². The summed E-state index contributed by atoms with van der Waals surface area (Å²) in [6, 6.07) is 25.9. The number of piperidine rings is 1.